The van der Waals surface area contributed by atoms with Crippen molar-refractivity contribution in [1.82, 2.24) is 24.9 Å². The lowest BCUT2D eigenvalue weighted by Crippen LogP contribution is -2.00. The fraction of sp³-hybridized carbons (Fsp3) is 0.0250. The topological polar surface area (TPSA) is 64.5 Å². The predicted molar refractivity (Wildman–Crippen MR) is 182 cm³/mol. The molecule has 8 rings (SSSR count). The first-order valence-electron chi connectivity index (χ1n) is 14.9. The molecule has 45 heavy (non-hydrogen) atoms. The number of aromatic nitrogens is 5. The minimum absolute atomic E-state index is 0.613. The van der Waals surface area contributed by atoms with Crippen LogP contribution in [0.2, 0.25) is 0 Å². The molecule has 0 atom stereocenters. The predicted octanol–water partition coefficient (Wildman–Crippen LogP) is 9.61. The van der Waals surface area contributed by atoms with E-state index in [9.17, 15) is 0 Å². The highest BCUT2D eigenvalue weighted by molar-refractivity contribution is 6.05. The lowest BCUT2D eigenvalue weighted by molar-refractivity contribution is 1.07. The number of fused-ring (bicyclic) bond motifs is 3. The van der Waals surface area contributed by atoms with Crippen molar-refractivity contribution >= 4 is 21.8 Å². The van der Waals surface area contributed by atoms with Crippen LogP contribution in [0.25, 0.3) is 78.5 Å². The zero-order valence-electron chi connectivity index (χ0n) is 24.6. The highest BCUT2D eigenvalue weighted by Gasteiger charge is 2.15. The van der Waals surface area contributed by atoms with Crippen LogP contribution in [0.4, 0.5) is 0 Å². The minimum atomic E-state index is 0.613. The summed E-state index contributed by atoms with van der Waals surface area (Å²) >= 11 is 0. The molecule has 0 unspecified atom stereocenters. The van der Waals surface area contributed by atoms with Crippen molar-refractivity contribution < 1.29 is 0 Å². The van der Waals surface area contributed by atoms with Crippen LogP contribution < -0.4 is 0 Å². The molecule has 3 aromatic heterocycles. The summed E-state index contributed by atoms with van der Waals surface area (Å²) in [7, 11) is 0. The van der Waals surface area contributed by atoms with Gasteiger partial charge in [0.1, 0.15) is 0 Å². The maximum absolute atomic E-state index is 5.22. The van der Waals surface area contributed by atoms with E-state index in [0.717, 1.165) is 66.6 Å². The molecule has 0 aliphatic carbocycles. The molecule has 212 valence electrons. The van der Waals surface area contributed by atoms with Gasteiger partial charge in [-0.1, -0.05) is 127 Å². The Morgan fingerprint density at radius 2 is 0.867 bits per heavy atom. The van der Waals surface area contributed by atoms with E-state index in [1.165, 1.54) is 0 Å². The lowest BCUT2D eigenvalue weighted by atomic mass is 10.0. The molecule has 0 aliphatic rings. The Hall–Kier alpha value is -6.07. The Kier molecular flexibility index (Phi) is 6.61. The molecule has 0 fully saturated rings. The summed E-state index contributed by atoms with van der Waals surface area (Å²) in [6.07, 6.45) is 0. The number of nitrogens with zero attached hydrogens (tertiary/aromatic N) is 5. The summed E-state index contributed by atoms with van der Waals surface area (Å²) in [6.45, 7) is 2.13. The molecular formula is C40H27N5. The van der Waals surface area contributed by atoms with E-state index in [4.69, 9.17) is 24.9 Å². The molecule has 0 aliphatic heterocycles. The summed E-state index contributed by atoms with van der Waals surface area (Å²) in [6, 6.07) is 49.2. The standard InChI is InChI=1S/C40H27N5/c1-26-24-35(42-37-33(26)22-20-28-21-23-34(41-36(28)37)27-12-5-2-6-13-27)31-18-11-19-32(25-31)40-44-38(29-14-7-3-8-15-29)43-39(45-40)30-16-9-4-10-17-30/h2-25H,1H3. The number of aryl methyl sites for hydroxylation is 1. The van der Waals surface area contributed by atoms with E-state index in [0.29, 0.717) is 17.5 Å². The third kappa shape index (κ3) is 5.11. The van der Waals surface area contributed by atoms with E-state index in [1.807, 2.05) is 91.0 Å². The van der Waals surface area contributed by atoms with Crippen LogP contribution in [-0.4, -0.2) is 24.9 Å². The van der Waals surface area contributed by atoms with Gasteiger partial charge < -0.3 is 0 Å². The van der Waals surface area contributed by atoms with Gasteiger partial charge in [0.15, 0.2) is 17.5 Å². The minimum Gasteiger partial charge on any atom is -0.245 e. The largest absolute Gasteiger partial charge is 0.245 e. The van der Waals surface area contributed by atoms with Gasteiger partial charge in [0.25, 0.3) is 0 Å². The van der Waals surface area contributed by atoms with Crippen LogP contribution in [0, 0.1) is 6.92 Å². The second-order valence-electron chi connectivity index (χ2n) is 11.0. The quantitative estimate of drug-likeness (QED) is 0.191. The smallest absolute Gasteiger partial charge is 0.164 e. The molecule has 0 amide bonds. The summed E-state index contributed by atoms with van der Waals surface area (Å²) in [5, 5.41) is 2.16. The zero-order chi connectivity index (χ0) is 30.2. The monoisotopic (exact) mass is 577 g/mol. The van der Waals surface area contributed by atoms with E-state index >= 15 is 0 Å². The van der Waals surface area contributed by atoms with Gasteiger partial charge in [-0.05, 0) is 30.7 Å². The maximum Gasteiger partial charge on any atom is 0.164 e. The molecule has 0 saturated carbocycles. The number of hydrogen-bond donors (Lipinski definition) is 0. The summed E-state index contributed by atoms with van der Waals surface area (Å²) < 4.78 is 0. The van der Waals surface area contributed by atoms with Crippen LogP contribution >= 0.6 is 0 Å². The van der Waals surface area contributed by atoms with Crippen molar-refractivity contribution in [3.63, 3.8) is 0 Å². The maximum atomic E-state index is 5.22. The summed E-state index contributed by atoms with van der Waals surface area (Å²) in [5.41, 5.74) is 9.58. The normalized spacial score (nSPS) is 11.2. The Morgan fingerprint density at radius 1 is 0.356 bits per heavy atom. The van der Waals surface area contributed by atoms with Crippen LogP contribution in [0.15, 0.2) is 146 Å². The number of hydrogen-bond acceptors (Lipinski definition) is 5. The first kappa shape index (κ1) is 26.5. The van der Waals surface area contributed by atoms with Crippen molar-refractivity contribution in [1.29, 1.82) is 0 Å². The SMILES string of the molecule is Cc1cc(-c2cccc(-c3nc(-c4ccccc4)nc(-c4ccccc4)n3)c2)nc2c1ccc1ccc(-c3ccccc3)nc12. The van der Waals surface area contributed by atoms with Crippen molar-refractivity contribution in [3.8, 4) is 56.7 Å². The van der Waals surface area contributed by atoms with Gasteiger partial charge in [-0.25, -0.2) is 24.9 Å². The number of benzene rings is 5. The second-order valence-corrected chi connectivity index (χ2v) is 11.0. The van der Waals surface area contributed by atoms with Gasteiger partial charge in [-0.15, -0.1) is 0 Å². The van der Waals surface area contributed by atoms with E-state index in [1.54, 1.807) is 0 Å². The summed E-state index contributed by atoms with van der Waals surface area (Å²) in [5.74, 6) is 1.88. The molecule has 0 saturated heterocycles. The van der Waals surface area contributed by atoms with Gasteiger partial charge in [-0.3, -0.25) is 0 Å². The lowest BCUT2D eigenvalue weighted by Gasteiger charge is -2.12. The van der Waals surface area contributed by atoms with Crippen LogP contribution in [0.1, 0.15) is 5.56 Å². The average Bonchev–Trinajstić information content (AvgIpc) is 3.12. The van der Waals surface area contributed by atoms with Gasteiger partial charge in [0.2, 0.25) is 0 Å². The van der Waals surface area contributed by atoms with Crippen molar-refractivity contribution in [2.45, 2.75) is 6.92 Å². The third-order valence-corrected chi connectivity index (χ3v) is 8.03. The van der Waals surface area contributed by atoms with Crippen LogP contribution in [-0.2, 0) is 0 Å². The molecule has 0 N–H and O–H groups in total. The highest BCUT2D eigenvalue weighted by Crippen LogP contribution is 2.32. The highest BCUT2D eigenvalue weighted by atomic mass is 15.0. The Balaban J connectivity index is 1.27. The van der Waals surface area contributed by atoms with Crippen LogP contribution in [0.3, 0.4) is 0 Å². The molecule has 5 nitrogen and oxygen atoms in total. The van der Waals surface area contributed by atoms with Gasteiger partial charge >= 0.3 is 0 Å². The Morgan fingerprint density at radius 3 is 1.51 bits per heavy atom. The molecule has 0 bridgehead atoms. The fourth-order valence-corrected chi connectivity index (χ4v) is 5.71. The first-order chi connectivity index (χ1) is 22.2. The molecule has 0 spiro atoms. The molecule has 5 aromatic carbocycles. The third-order valence-electron chi connectivity index (χ3n) is 8.03. The molecule has 3 heterocycles. The number of rotatable bonds is 5. The van der Waals surface area contributed by atoms with E-state index < -0.39 is 0 Å². The summed E-state index contributed by atoms with van der Waals surface area (Å²) in [4.78, 5) is 25.0. The average molecular weight is 578 g/mol. The molecule has 0 radical (unpaired) electrons. The second kappa shape index (κ2) is 11.2. The van der Waals surface area contributed by atoms with E-state index in [2.05, 4.69) is 61.5 Å². The van der Waals surface area contributed by atoms with Crippen molar-refractivity contribution in [2.24, 2.45) is 0 Å². The Labute approximate surface area is 261 Å². The molecule has 8 aromatic rings. The van der Waals surface area contributed by atoms with Gasteiger partial charge in [0.05, 0.1) is 22.4 Å². The molecule has 5 heteroatoms. The van der Waals surface area contributed by atoms with Crippen molar-refractivity contribution in [2.75, 3.05) is 0 Å². The molecular weight excluding hydrogens is 550 g/mol. The zero-order valence-corrected chi connectivity index (χ0v) is 24.6. The van der Waals surface area contributed by atoms with E-state index in [-0.39, 0.29) is 0 Å². The van der Waals surface area contributed by atoms with Gasteiger partial charge in [-0.2, -0.15) is 0 Å². The van der Waals surface area contributed by atoms with Gasteiger partial charge in [0, 0.05) is 38.6 Å². The van der Waals surface area contributed by atoms with Crippen molar-refractivity contribution in [3.05, 3.63) is 151 Å². The fourth-order valence-electron chi connectivity index (χ4n) is 5.71. The van der Waals surface area contributed by atoms with Crippen LogP contribution in [0.5, 0.6) is 0 Å². The first-order valence-corrected chi connectivity index (χ1v) is 14.9. The number of pyridine rings is 2. The Bertz CT molecular complexity index is 2260.